The van der Waals surface area contributed by atoms with Gasteiger partial charge in [-0.05, 0) is 61.2 Å². The Balaban J connectivity index is 1.54. The third-order valence-electron chi connectivity index (χ3n) is 5.37. The fourth-order valence-electron chi connectivity index (χ4n) is 3.76. The minimum absolute atomic E-state index is 0.0431. The van der Waals surface area contributed by atoms with Gasteiger partial charge in [-0.1, -0.05) is 38.2 Å². The van der Waals surface area contributed by atoms with Gasteiger partial charge < -0.3 is 15.7 Å². The van der Waals surface area contributed by atoms with Gasteiger partial charge in [0.2, 0.25) is 5.91 Å². The number of phenolic OH excluding ortho intramolecular Hbond substituents is 1. The summed E-state index contributed by atoms with van der Waals surface area (Å²) in [6, 6.07) is 11.7. The summed E-state index contributed by atoms with van der Waals surface area (Å²) in [6.07, 6.45) is 7.93. The molecule has 3 N–H and O–H groups in total. The lowest BCUT2D eigenvalue weighted by Gasteiger charge is -2.21. The van der Waals surface area contributed by atoms with E-state index in [1.54, 1.807) is 24.3 Å². The molecule has 3 rings (SSSR count). The summed E-state index contributed by atoms with van der Waals surface area (Å²) < 4.78 is 0. The van der Waals surface area contributed by atoms with Crippen molar-refractivity contribution in [3.05, 3.63) is 53.6 Å². The van der Waals surface area contributed by atoms with Crippen molar-refractivity contribution in [1.29, 1.82) is 0 Å². The highest BCUT2D eigenvalue weighted by Gasteiger charge is 2.15. The monoisotopic (exact) mass is 380 g/mol. The fraction of sp³-hybridized carbons (Fsp3) is 0.391. The zero-order valence-electron chi connectivity index (χ0n) is 16.3. The van der Waals surface area contributed by atoms with Crippen LogP contribution in [0.1, 0.15) is 60.9 Å². The lowest BCUT2D eigenvalue weighted by molar-refractivity contribution is -0.116. The quantitative estimate of drug-likeness (QED) is 0.640. The zero-order valence-corrected chi connectivity index (χ0v) is 16.3. The van der Waals surface area contributed by atoms with E-state index < -0.39 is 0 Å². The third-order valence-corrected chi connectivity index (χ3v) is 5.37. The van der Waals surface area contributed by atoms with E-state index >= 15 is 0 Å². The molecule has 2 aromatic rings. The first-order chi connectivity index (χ1) is 13.5. The van der Waals surface area contributed by atoms with Crippen molar-refractivity contribution in [3.63, 3.8) is 0 Å². The van der Waals surface area contributed by atoms with Gasteiger partial charge in [0.1, 0.15) is 5.75 Å². The Labute approximate surface area is 166 Å². The first-order valence-corrected chi connectivity index (χ1v) is 10.0. The van der Waals surface area contributed by atoms with Crippen LogP contribution in [0.5, 0.6) is 5.75 Å². The van der Waals surface area contributed by atoms with E-state index in [1.807, 2.05) is 13.0 Å². The number of benzene rings is 2. The van der Waals surface area contributed by atoms with E-state index in [2.05, 4.69) is 10.6 Å². The predicted octanol–water partition coefficient (Wildman–Crippen LogP) is 5.25. The molecule has 0 saturated heterocycles. The number of nitrogens with one attached hydrogen (secondary N) is 2. The minimum atomic E-state index is -0.289. The number of phenols is 1. The molecule has 1 fully saturated rings. The van der Waals surface area contributed by atoms with Gasteiger partial charge in [-0.3, -0.25) is 9.59 Å². The first-order valence-electron chi connectivity index (χ1n) is 10.0. The number of hydrogen-bond acceptors (Lipinski definition) is 3. The zero-order chi connectivity index (χ0) is 19.9. The van der Waals surface area contributed by atoms with Crippen LogP contribution in [-0.4, -0.2) is 16.9 Å². The normalized spacial score (nSPS) is 14.5. The SMILES string of the molecule is Cc1cc(NC(=O)CCC2CCCCC2)ccc1NC(=O)c1cccc(O)c1. The molecule has 1 aliphatic rings. The average molecular weight is 380 g/mol. The number of aryl methyl sites for hydroxylation is 1. The maximum absolute atomic E-state index is 12.3. The second kappa shape index (κ2) is 9.40. The Morgan fingerprint density at radius 3 is 2.54 bits per heavy atom. The number of amides is 2. The van der Waals surface area contributed by atoms with Crippen molar-refractivity contribution in [3.8, 4) is 5.75 Å². The summed E-state index contributed by atoms with van der Waals surface area (Å²) in [5.41, 5.74) is 2.66. The molecule has 0 radical (unpaired) electrons. The van der Waals surface area contributed by atoms with Crippen molar-refractivity contribution in [2.75, 3.05) is 10.6 Å². The highest BCUT2D eigenvalue weighted by Crippen LogP contribution is 2.27. The predicted molar refractivity (Wildman–Crippen MR) is 112 cm³/mol. The van der Waals surface area contributed by atoms with Crippen molar-refractivity contribution in [2.24, 2.45) is 5.92 Å². The minimum Gasteiger partial charge on any atom is -0.508 e. The van der Waals surface area contributed by atoms with Gasteiger partial charge in [-0.2, -0.15) is 0 Å². The first kappa shape index (κ1) is 19.9. The molecule has 2 aromatic carbocycles. The molecule has 2 amide bonds. The van der Waals surface area contributed by atoms with Crippen molar-refractivity contribution in [2.45, 2.75) is 51.9 Å². The van der Waals surface area contributed by atoms with Crippen LogP contribution in [0.3, 0.4) is 0 Å². The summed E-state index contributed by atoms with van der Waals surface area (Å²) in [7, 11) is 0. The Kier molecular flexibility index (Phi) is 6.69. The van der Waals surface area contributed by atoms with E-state index in [-0.39, 0.29) is 17.6 Å². The second-order valence-electron chi connectivity index (χ2n) is 7.63. The van der Waals surface area contributed by atoms with Gasteiger partial charge in [0.25, 0.3) is 5.91 Å². The molecule has 0 bridgehead atoms. The Hall–Kier alpha value is -2.82. The van der Waals surface area contributed by atoms with Crippen molar-refractivity contribution in [1.82, 2.24) is 0 Å². The Morgan fingerprint density at radius 1 is 1.04 bits per heavy atom. The van der Waals surface area contributed by atoms with E-state index in [0.29, 0.717) is 23.6 Å². The summed E-state index contributed by atoms with van der Waals surface area (Å²) in [4.78, 5) is 24.6. The lowest BCUT2D eigenvalue weighted by atomic mass is 9.86. The molecule has 1 saturated carbocycles. The highest BCUT2D eigenvalue weighted by atomic mass is 16.3. The summed E-state index contributed by atoms with van der Waals surface area (Å²) in [6.45, 7) is 1.88. The maximum Gasteiger partial charge on any atom is 0.255 e. The van der Waals surface area contributed by atoms with Crippen LogP contribution in [0.4, 0.5) is 11.4 Å². The number of carbonyl (C=O) groups is 2. The van der Waals surface area contributed by atoms with Gasteiger partial charge in [-0.15, -0.1) is 0 Å². The average Bonchev–Trinajstić information content (AvgIpc) is 2.69. The van der Waals surface area contributed by atoms with E-state index in [1.165, 1.54) is 44.2 Å². The summed E-state index contributed by atoms with van der Waals surface area (Å²) in [5, 5.41) is 15.3. The molecule has 28 heavy (non-hydrogen) atoms. The van der Waals surface area contributed by atoms with Crippen LogP contribution in [0, 0.1) is 12.8 Å². The molecular weight excluding hydrogens is 352 g/mol. The molecular formula is C23H28N2O3. The molecule has 0 aromatic heterocycles. The van der Waals surface area contributed by atoms with E-state index in [9.17, 15) is 14.7 Å². The molecule has 148 valence electrons. The summed E-state index contributed by atoms with van der Waals surface area (Å²) >= 11 is 0. The number of hydrogen-bond donors (Lipinski definition) is 3. The standard InChI is InChI=1S/C23H28N2O3/c1-16-14-19(24-22(27)13-10-17-6-3-2-4-7-17)11-12-21(16)25-23(28)18-8-5-9-20(26)15-18/h5,8-9,11-12,14-15,17,26H,2-4,6-7,10,13H2,1H3,(H,24,27)(H,25,28). The van der Waals surface area contributed by atoms with Crippen LogP contribution in [-0.2, 0) is 4.79 Å². The van der Waals surface area contributed by atoms with Crippen LogP contribution in [0.2, 0.25) is 0 Å². The van der Waals surface area contributed by atoms with E-state index in [0.717, 1.165) is 17.7 Å². The Morgan fingerprint density at radius 2 is 1.82 bits per heavy atom. The molecule has 0 atom stereocenters. The maximum atomic E-state index is 12.3. The topological polar surface area (TPSA) is 78.4 Å². The van der Waals surface area contributed by atoms with Gasteiger partial charge >= 0.3 is 0 Å². The number of carbonyl (C=O) groups excluding carboxylic acids is 2. The fourth-order valence-corrected chi connectivity index (χ4v) is 3.76. The van der Waals surface area contributed by atoms with Gasteiger partial charge in [0, 0.05) is 23.4 Å². The van der Waals surface area contributed by atoms with Crippen LogP contribution in [0.15, 0.2) is 42.5 Å². The molecule has 0 spiro atoms. The molecule has 1 aliphatic carbocycles. The summed E-state index contributed by atoms with van der Waals surface area (Å²) in [5.74, 6) is 0.497. The Bertz CT molecular complexity index is 841. The van der Waals surface area contributed by atoms with Crippen molar-refractivity contribution < 1.29 is 14.7 Å². The molecule has 5 heteroatoms. The second-order valence-corrected chi connectivity index (χ2v) is 7.63. The van der Waals surface area contributed by atoms with Gasteiger partial charge in [-0.25, -0.2) is 0 Å². The van der Waals surface area contributed by atoms with Crippen LogP contribution in [0.25, 0.3) is 0 Å². The molecule has 0 unspecified atom stereocenters. The van der Waals surface area contributed by atoms with Gasteiger partial charge in [0.05, 0.1) is 0 Å². The molecule has 5 nitrogen and oxygen atoms in total. The third kappa shape index (κ3) is 5.59. The number of anilines is 2. The highest BCUT2D eigenvalue weighted by molar-refractivity contribution is 6.05. The number of aromatic hydroxyl groups is 1. The lowest BCUT2D eigenvalue weighted by Crippen LogP contribution is -2.15. The smallest absolute Gasteiger partial charge is 0.255 e. The van der Waals surface area contributed by atoms with E-state index in [4.69, 9.17) is 0 Å². The molecule has 0 heterocycles. The van der Waals surface area contributed by atoms with Crippen LogP contribution >= 0.6 is 0 Å². The van der Waals surface area contributed by atoms with Crippen molar-refractivity contribution >= 4 is 23.2 Å². The molecule has 0 aliphatic heterocycles. The number of rotatable bonds is 6. The van der Waals surface area contributed by atoms with Crippen LogP contribution < -0.4 is 10.6 Å². The largest absolute Gasteiger partial charge is 0.508 e. The van der Waals surface area contributed by atoms with Gasteiger partial charge in [0.15, 0.2) is 0 Å².